The zero-order chi connectivity index (χ0) is 15.3. The molecule has 118 valence electrons. The van der Waals surface area contributed by atoms with Gasteiger partial charge in [0.25, 0.3) is 0 Å². The Labute approximate surface area is 128 Å². The highest BCUT2D eigenvalue weighted by Crippen LogP contribution is 2.48. The third-order valence-corrected chi connectivity index (χ3v) is 5.31. The third kappa shape index (κ3) is 2.51. The number of nitrogens with one attached hydrogen (secondary N) is 1. The number of benzene rings is 1. The minimum absolute atomic E-state index is 0.0519. The van der Waals surface area contributed by atoms with Crippen molar-refractivity contribution in [2.24, 2.45) is 5.92 Å². The number of likely N-dealkylation sites (tertiary alicyclic amines) is 1. The van der Waals surface area contributed by atoms with E-state index in [-0.39, 0.29) is 17.7 Å². The summed E-state index contributed by atoms with van der Waals surface area (Å²) < 4.78 is 26.3. The van der Waals surface area contributed by atoms with Crippen molar-refractivity contribution in [3.63, 3.8) is 0 Å². The first kappa shape index (κ1) is 14.1. The highest BCUT2D eigenvalue weighted by Gasteiger charge is 2.46. The average molecular weight is 306 g/mol. The maximum Gasteiger partial charge on any atom is 0.226 e. The summed E-state index contributed by atoms with van der Waals surface area (Å²) in [5.74, 6) is -1.48. The van der Waals surface area contributed by atoms with Gasteiger partial charge in [-0.3, -0.25) is 4.79 Å². The van der Waals surface area contributed by atoms with Crippen LogP contribution in [0.3, 0.4) is 0 Å². The molecule has 1 saturated carbocycles. The molecule has 4 rings (SSSR count). The molecule has 5 heteroatoms. The van der Waals surface area contributed by atoms with E-state index in [1.54, 1.807) is 6.07 Å². The van der Waals surface area contributed by atoms with Gasteiger partial charge in [-0.2, -0.15) is 0 Å². The molecule has 0 radical (unpaired) electrons. The fraction of sp³-hybridized carbons (Fsp3) is 0.588. The normalized spacial score (nSPS) is 33.6. The van der Waals surface area contributed by atoms with Gasteiger partial charge in [0.2, 0.25) is 5.91 Å². The van der Waals surface area contributed by atoms with Gasteiger partial charge in [-0.05, 0) is 49.3 Å². The first-order chi connectivity index (χ1) is 10.6. The third-order valence-electron chi connectivity index (χ3n) is 5.31. The number of halogens is 2. The van der Waals surface area contributed by atoms with Crippen LogP contribution in [-0.2, 0) is 4.79 Å². The Hall–Kier alpha value is -1.49. The van der Waals surface area contributed by atoms with E-state index in [1.165, 1.54) is 12.5 Å². The lowest BCUT2D eigenvalue weighted by molar-refractivity contribution is -0.132. The van der Waals surface area contributed by atoms with E-state index in [9.17, 15) is 13.6 Å². The number of hydrogen-bond acceptors (Lipinski definition) is 2. The molecule has 4 unspecified atom stereocenters. The van der Waals surface area contributed by atoms with E-state index in [2.05, 4.69) is 5.32 Å². The van der Waals surface area contributed by atoms with Gasteiger partial charge in [-0.1, -0.05) is 6.07 Å². The molecule has 22 heavy (non-hydrogen) atoms. The van der Waals surface area contributed by atoms with Crippen molar-refractivity contribution in [1.82, 2.24) is 10.2 Å². The summed E-state index contributed by atoms with van der Waals surface area (Å²) in [5.41, 5.74) is 0.742. The molecule has 1 aromatic carbocycles. The fourth-order valence-corrected chi connectivity index (χ4v) is 3.96. The van der Waals surface area contributed by atoms with Crippen LogP contribution in [0.1, 0.15) is 37.2 Å². The molecule has 0 aromatic heterocycles. The Morgan fingerprint density at radius 2 is 1.95 bits per heavy atom. The Bertz CT molecular complexity index is 606. The zero-order valence-corrected chi connectivity index (χ0v) is 12.4. The summed E-state index contributed by atoms with van der Waals surface area (Å²) in [6.45, 7) is 1.60. The summed E-state index contributed by atoms with van der Waals surface area (Å²) >= 11 is 0. The number of nitrogens with zero attached hydrogens (tertiary/aromatic N) is 1. The minimum Gasteiger partial charge on any atom is -0.341 e. The Balaban J connectivity index is 1.43. The summed E-state index contributed by atoms with van der Waals surface area (Å²) in [6.07, 6.45) is 4.13. The molecule has 2 bridgehead atoms. The molecule has 1 aromatic rings. The van der Waals surface area contributed by atoms with Crippen molar-refractivity contribution in [2.75, 3.05) is 13.1 Å². The maximum absolute atomic E-state index is 13.3. The van der Waals surface area contributed by atoms with Crippen LogP contribution in [-0.4, -0.2) is 36.0 Å². The molecule has 1 aliphatic carbocycles. The molecular formula is C17H20F2N2O. The second-order valence-electron chi connectivity index (χ2n) is 6.83. The second kappa shape index (κ2) is 5.30. The fourth-order valence-electron chi connectivity index (χ4n) is 3.96. The highest BCUT2D eigenvalue weighted by atomic mass is 19.2. The first-order valence-electron chi connectivity index (χ1n) is 8.11. The number of fused-ring (bicyclic) bond motifs is 2. The van der Waals surface area contributed by atoms with Gasteiger partial charge in [0.1, 0.15) is 0 Å². The summed E-state index contributed by atoms with van der Waals surface area (Å²) in [6, 6.07) is 4.97. The van der Waals surface area contributed by atoms with Crippen LogP contribution >= 0.6 is 0 Å². The first-order valence-corrected chi connectivity index (χ1v) is 8.11. The van der Waals surface area contributed by atoms with Crippen molar-refractivity contribution in [1.29, 1.82) is 0 Å². The van der Waals surface area contributed by atoms with Crippen LogP contribution in [0.4, 0.5) is 8.78 Å². The number of hydrogen-bond donors (Lipinski definition) is 1. The molecule has 1 amide bonds. The maximum atomic E-state index is 13.3. The van der Waals surface area contributed by atoms with Crippen molar-refractivity contribution in [2.45, 2.75) is 43.7 Å². The van der Waals surface area contributed by atoms with Gasteiger partial charge < -0.3 is 10.2 Å². The second-order valence-corrected chi connectivity index (χ2v) is 6.83. The van der Waals surface area contributed by atoms with Crippen molar-refractivity contribution < 1.29 is 13.6 Å². The van der Waals surface area contributed by atoms with E-state index in [0.29, 0.717) is 12.1 Å². The average Bonchev–Trinajstić information content (AvgIpc) is 3.20. The van der Waals surface area contributed by atoms with E-state index < -0.39 is 11.6 Å². The topological polar surface area (TPSA) is 32.3 Å². The number of carbonyl (C=O) groups excluding carboxylic acids is 1. The van der Waals surface area contributed by atoms with Gasteiger partial charge in [0, 0.05) is 31.1 Å². The van der Waals surface area contributed by atoms with Crippen LogP contribution < -0.4 is 5.32 Å². The van der Waals surface area contributed by atoms with Crippen LogP contribution in [0.25, 0.3) is 0 Å². The molecule has 3 nitrogen and oxygen atoms in total. The van der Waals surface area contributed by atoms with Crippen molar-refractivity contribution in [3.8, 4) is 0 Å². The van der Waals surface area contributed by atoms with E-state index in [4.69, 9.17) is 0 Å². The van der Waals surface area contributed by atoms with E-state index in [0.717, 1.165) is 44.0 Å². The zero-order valence-electron chi connectivity index (χ0n) is 12.4. The number of rotatable bonds is 2. The Morgan fingerprint density at radius 3 is 2.77 bits per heavy atom. The monoisotopic (exact) mass is 306 g/mol. The molecular weight excluding hydrogens is 286 g/mol. The van der Waals surface area contributed by atoms with Gasteiger partial charge in [-0.25, -0.2) is 8.78 Å². The molecule has 2 saturated heterocycles. The largest absolute Gasteiger partial charge is 0.341 e. The summed E-state index contributed by atoms with van der Waals surface area (Å²) in [7, 11) is 0. The van der Waals surface area contributed by atoms with Crippen LogP contribution in [0.2, 0.25) is 0 Å². The predicted octanol–water partition coefficient (Wildman–Crippen LogP) is 2.42. The van der Waals surface area contributed by atoms with Gasteiger partial charge in [0.15, 0.2) is 11.6 Å². The quantitative estimate of drug-likeness (QED) is 0.910. The van der Waals surface area contributed by atoms with E-state index >= 15 is 0 Å². The number of carbonyl (C=O) groups is 1. The highest BCUT2D eigenvalue weighted by molar-refractivity contribution is 5.83. The lowest BCUT2D eigenvalue weighted by Crippen LogP contribution is -2.40. The van der Waals surface area contributed by atoms with Gasteiger partial charge >= 0.3 is 0 Å². The Morgan fingerprint density at radius 1 is 1.14 bits per heavy atom. The van der Waals surface area contributed by atoms with Crippen molar-refractivity contribution >= 4 is 5.91 Å². The molecule has 2 aliphatic heterocycles. The van der Waals surface area contributed by atoms with E-state index in [1.807, 2.05) is 4.90 Å². The minimum atomic E-state index is -0.832. The van der Waals surface area contributed by atoms with Crippen LogP contribution in [0.5, 0.6) is 0 Å². The van der Waals surface area contributed by atoms with Crippen molar-refractivity contribution in [3.05, 3.63) is 35.4 Å². The molecule has 3 aliphatic rings. The standard InChI is InChI=1S/C17H20F2N2O/c18-15-4-1-10(7-16(15)19)13-8-14(13)17(22)21-6-5-11-2-3-12(9-21)20-11/h1,4,7,11-14,20H,2-3,5-6,8-9H2. The summed E-state index contributed by atoms with van der Waals surface area (Å²) in [4.78, 5) is 14.6. The summed E-state index contributed by atoms with van der Waals surface area (Å²) in [5, 5.41) is 3.57. The van der Waals surface area contributed by atoms with Crippen LogP contribution in [0, 0.1) is 17.6 Å². The molecule has 0 spiro atoms. The number of amides is 1. The molecule has 1 N–H and O–H groups in total. The van der Waals surface area contributed by atoms with Crippen LogP contribution in [0.15, 0.2) is 18.2 Å². The molecule has 2 heterocycles. The SMILES string of the molecule is O=C(C1CC1c1ccc(F)c(F)c1)N1CCC2CCC(C1)N2. The van der Waals surface area contributed by atoms with Gasteiger partial charge in [0.05, 0.1) is 0 Å². The molecule has 4 atom stereocenters. The lowest BCUT2D eigenvalue weighted by Gasteiger charge is -2.24. The lowest BCUT2D eigenvalue weighted by atomic mass is 10.1. The predicted molar refractivity (Wildman–Crippen MR) is 78.3 cm³/mol. The Kier molecular flexibility index (Phi) is 3.40. The molecule has 3 fully saturated rings. The van der Waals surface area contributed by atoms with Gasteiger partial charge in [-0.15, -0.1) is 0 Å². The smallest absolute Gasteiger partial charge is 0.226 e.